The average Bonchev–Trinajstić information content (AvgIpc) is 3.03. The Kier molecular flexibility index (Phi) is 30.2. The maximum absolute atomic E-state index is 12.6. The van der Waals surface area contributed by atoms with Crippen molar-refractivity contribution in [2.24, 2.45) is 0 Å². The molecule has 0 aliphatic rings. The number of hydrogen-bond acceptors (Lipinski definition) is 6. The number of unbranched alkanes of at least 4 members (excludes halogenated alkanes) is 13. The largest absolute Gasteiger partial charge is 0.477 e. The Morgan fingerprint density at radius 1 is 0.625 bits per heavy atom. The number of hydrogen-bond donors (Lipinski definition) is 1. The van der Waals surface area contributed by atoms with Crippen molar-refractivity contribution in [1.82, 2.24) is 0 Å². The Bertz CT molecular complexity index is 891. The van der Waals surface area contributed by atoms with Crippen LogP contribution in [0.4, 0.5) is 0 Å². The van der Waals surface area contributed by atoms with E-state index in [1.54, 1.807) is 0 Å². The fourth-order valence-electron chi connectivity index (χ4n) is 5.24. The van der Waals surface area contributed by atoms with Crippen molar-refractivity contribution in [3.8, 4) is 0 Å². The summed E-state index contributed by atoms with van der Waals surface area (Å²) in [6.45, 7) is 4.59. The van der Waals surface area contributed by atoms with Crippen molar-refractivity contribution in [2.45, 2.75) is 161 Å². The Morgan fingerprint density at radius 2 is 1.17 bits per heavy atom. The highest BCUT2D eigenvalue weighted by Crippen LogP contribution is 2.12. The number of allylic oxidation sites excluding steroid dienone is 6. The Morgan fingerprint density at radius 3 is 1.77 bits per heavy atom. The Balaban J connectivity index is 4.52. The minimum absolute atomic E-state index is 0.0409. The molecule has 8 heteroatoms. The second-order valence-corrected chi connectivity index (χ2v) is 13.8. The first-order chi connectivity index (χ1) is 23.1. The van der Waals surface area contributed by atoms with Gasteiger partial charge >= 0.3 is 17.9 Å². The van der Waals surface area contributed by atoms with Crippen LogP contribution in [0.15, 0.2) is 36.5 Å². The number of carboxylic acids is 1. The van der Waals surface area contributed by atoms with E-state index in [0.717, 1.165) is 51.4 Å². The van der Waals surface area contributed by atoms with Crippen LogP contribution in [-0.2, 0) is 28.6 Å². The lowest BCUT2D eigenvalue weighted by Crippen LogP contribution is -2.50. The summed E-state index contributed by atoms with van der Waals surface area (Å²) in [7, 11) is 5.49. The van der Waals surface area contributed by atoms with Gasteiger partial charge in [0.25, 0.3) is 0 Å². The number of carboxylic acid groups (broad SMARTS) is 1. The Labute approximate surface area is 293 Å². The van der Waals surface area contributed by atoms with Gasteiger partial charge in [0, 0.05) is 19.3 Å². The van der Waals surface area contributed by atoms with Crippen molar-refractivity contribution < 1.29 is 38.2 Å². The molecule has 0 heterocycles. The molecule has 0 bridgehead atoms. The van der Waals surface area contributed by atoms with Crippen LogP contribution in [0.5, 0.6) is 0 Å². The number of ether oxygens (including phenoxy) is 3. The summed E-state index contributed by atoms with van der Waals surface area (Å²) in [6, 6.07) is -0.621. The third-order valence-electron chi connectivity index (χ3n) is 8.28. The van der Waals surface area contributed by atoms with Gasteiger partial charge in [-0.3, -0.25) is 9.59 Å². The summed E-state index contributed by atoms with van der Waals surface area (Å²) in [4.78, 5) is 36.7. The van der Waals surface area contributed by atoms with E-state index in [1.165, 1.54) is 57.8 Å². The minimum atomic E-state index is -0.885. The molecule has 48 heavy (non-hydrogen) atoms. The molecule has 0 saturated carbocycles. The van der Waals surface area contributed by atoms with Crippen LogP contribution in [0.2, 0.25) is 0 Å². The van der Waals surface area contributed by atoms with Gasteiger partial charge in [0.15, 0.2) is 12.1 Å². The van der Waals surface area contributed by atoms with E-state index in [4.69, 9.17) is 14.2 Å². The number of carbonyl (C=O) groups is 3. The van der Waals surface area contributed by atoms with Gasteiger partial charge in [-0.1, -0.05) is 115 Å². The second-order valence-electron chi connectivity index (χ2n) is 13.8. The van der Waals surface area contributed by atoms with E-state index in [2.05, 4.69) is 44.2 Å². The third kappa shape index (κ3) is 29.7. The van der Waals surface area contributed by atoms with E-state index in [-0.39, 0.29) is 42.7 Å². The van der Waals surface area contributed by atoms with Gasteiger partial charge in [0.1, 0.15) is 6.61 Å². The summed E-state index contributed by atoms with van der Waals surface area (Å²) < 4.78 is 17.1. The first-order valence-electron chi connectivity index (χ1n) is 19.0. The molecular formula is C40H72NO7+. The van der Waals surface area contributed by atoms with Crippen molar-refractivity contribution in [3.63, 3.8) is 0 Å². The van der Waals surface area contributed by atoms with E-state index in [1.807, 2.05) is 27.2 Å². The van der Waals surface area contributed by atoms with Gasteiger partial charge in [-0.2, -0.15) is 0 Å². The first-order valence-corrected chi connectivity index (χ1v) is 19.0. The third-order valence-corrected chi connectivity index (χ3v) is 8.28. The van der Waals surface area contributed by atoms with Crippen LogP contribution in [0.3, 0.4) is 0 Å². The van der Waals surface area contributed by atoms with Gasteiger partial charge in [0.05, 0.1) is 34.4 Å². The molecule has 1 N–H and O–H groups in total. The van der Waals surface area contributed by atoms with Crippen molar-refractivity contribution >= 4 is 17.9 Å². The van der Waals surface area contributed by atoms with Crippen molar-refractivity contribution in [2.75, 3.05) is 41.0 Å². The molecule has 0 fully saturated rings. The van der Waals surface area contributed by atoms with E-state index in [0.29, 0.717) is 19.3 Å². The number of likely N-dealkylation sites (N-methyl/N-ethyl adjacent to an activating group) is 1. The van der Waals surface area contributed by atoms with Gasteiger partial charge in [-0.25, -0.2) is 4.79 Å². The highest BCUT2D eigenvalue weighted by Gasteiger charge is 2.31. The average molecular weight is 679 g/mol. The molecule has 0 radical (unpaired) electrons. The number of esters is 2. The predicted molar refractivity (Wildman–Crippen MR) is 197 cm³/mol. The molecule has 0 aromatic heterocycles. The zero-order chi connectivity index (χ0) is 35.7. The van der Waals surface area contributed by atoms with Crippen LogP contribution in [-0.4, -0.2) is 80.6 Å². The molecule has 2 unspecified atom stereocenters. The van der Waals surface area contributed by atoms with Gasteiger partial charge in [-0.05, 0) is 51.4 Å². The van der Waals surface area contributed by atoms with Crippen LogP contribution >= 0.6 is 0 Å². The highest BCUT2D eigenvalue weighted by atomic mass is 16.6. The lowest BCUT2D eigenvalue weighted by Gasteiger charge is -2.31. The fraction of sp³-hybridized carbons (Fsp3) is 0.775. The number of rotatable bonds is 33. The minimum Gasteiger partial charge on any atom is -0.477 e. The zero-order valence-corrected chi connectivity index (χ0v) is 31.4. The highest BCUT2D eigenvalue weighted by molar-refractivity contribution is 5.72. The van der Waals surface area contributed by atoms with Crippen molar-refractivity contribution in [3.05, 3.63) is 36.5 Å². The Hall–Kier alpha value is -2.45. The molecule has 2 atom stereocenters. The van der Waals surface area contributed by atoms with Crippen molar-refractivity contribution in [1.29, 1.82) is 0 Å². The topological polar surface area (TPSA) is 99.1 Å². The monoisotopic (exact) mass is 679 g/mol. The summed E-state index contributed by atoms with van der Waals surface area (Å²) in [5.41, 5.74) is 0. The smallest absolute Gasteiger partial charge is 0.362 e. The maximum Gasteiger partial charge on any atom is 0.362 e. The van der Waals surface area contributed by atoms with Crippen LogP contribution < -0.4 is 0 Å². The van der Waals surface area contributed by atoms with E-state index in [9.17, 15) is 19.5 Å². The molecule has 0 aromatic rings. The SMILES string of the molecule is CCCC/C=C/CCCCCCCC(=O)OC(COCCC(C(=O)O)[N+](C)(C)C)COC(=O)CC/C=C/C/C=C/CCCCCCCC. The van der Waals surface area contributed by atoms with Crippen LogP contribution in [0.1, 0.15) is 149 Å². The van der Waals surface area contributed by atoms with E-state index < -0.39 is 18.1 Å². The quantitative estimate of drug-likeness (QED) is 0.0319. The molecular weight excluding hydrogens is 606 g/mol. The molecule has 0 aromatic carbocycles. The normalized spacial score (nSPS) is 13.4. The lowest BCUT2D eigenvalue weighted by atomic mass is 10.1. The predicted octanol–water partition coefficient (Wildman–Crippen LogP) is 9.52. The maximum atomic E-state index is 12.6. The van der Waals surface area contributed by atoms with Gasteiger partial charge in [-0.15, -0.1) is 0 Å². The second kappa shape index (κ2) is 31.8. The summed E-state index contributed by atoms with van der Waals surface area (Å²) in [6.07, 6.45) is 33.4. The molecule has 0 rings (SSSR count). The van der Waals surface area contributed by atoms with Gasteiger partial charge < -0.3 is 23.8 Å². The van der Waals surface area contributed by atoms with E-state index >= 15 is 0 Å². The molecule has 0 saturated heterocycles. The lowest BCUT2D eigenvalue weighted by molar-refractivity contribution is -0.887. The zero-order valence-electron chi connectivity index (χ0n) is 31.4. The summed E-state index contributed by atoms with van der Waals surface area (Å²) >= 11 is 0. The number of aliphatic carboxylic acids is 1. The summed E-state index contributed by atoms with van der Waals surface area (Å²) in [5.74, 6) is -1.57. The summed E-state index contributed by atoms with van der Waals surface area (Å²) in [5, 5.41) is 9.57. The molecule has 0 aliphatic heterocycles. The van der Waals surface area contributed by atoms with Crippen LogP contribution in [0, 0.1) is 0 Å². The number of nitrogens with zero attached hydrogens (tertiary/aromatic N) is 1. The number of quaternary nitrogens is 1. The molecule has 0 amide bonds. The fourth-order valence-corrected chi connectivity index (χ4v) is 5.24. The first kappa shape index (κ1) is 45.6. The standard InChI is InChI=1S/C40H71NO7/c1-6-8-10-12-14-16-18-19-21-22-24-26-28-30-38(42)47-35-36(34-46-33-32-37(40(44)45)41(3,4)5)48-39(43)31-29-27-25-23-20-17-15-13-11-9-7-2/h13,15,19,21,24,26,36-37H,6-12,14,16-18,20,22-23,25,27-35H2,1-5H3/p+1/b15-13+,21-19+,26-24+. The molecule has 8 nitrogen and oxygen atoms in total. The molecule has 0 spiro atoms. The van der Waals surface area contributed by atoms with Crippen LogP contribution in [0.25, 0.3) is 0 Å². The molecule has 0 aliphatic carbocycles. The number of carbonyl (C=O) groups excluding carboxylic acids is 2. The van der Waals surface area contributed by atoms with Gasteiger partial charge in [0.2, 0.25) is 0 Å². The molecule has 278 valence electrons.